The topological polar surface area (TPSA) is 24.8 Å². The van der Waals surface area contributed by atoms with Crippen LogP contribution in [0, 0.1) is 0 Å². The van der Waals surface area contributed by atoms with Crippen molar-refractivity contribution >= 4 is 17.6 Å². The molecule has 74 valence electrons. The van der Waals surface area contributed by atoms with Gasteiger partial charge in [0.2, 0.25) is 0 Å². The molecule has 4 heteroatoms. The average molecular weight is 211 g/mol. The van der Waals surface area contributed by atoms with Gasteiger partial charge in [-0.05, 0) is 12.1 Å². The molecule has 0 aromatic heterocycles. The van der Waals surface area contributed by atoms with Crippen LogP contribution in [0.3, 0.4) is 0 Å². The van der Waals surface area contributed by atoms with Gasteiger partial charge in [0.25, 0.3) is 6.02 Å². The van der Waals surface area contributed by atoms with Crippen LogP contribution in [0.1, 0.15) is 5.56 Å². The fraction of sp³-hybridized carbons (Fsp3) is 0.300. The number of halogens is 1. The molecular formula is C10H11ClN2O. The third kappa shape index (κ3) is 1.68. The van der Waals surface area contributed by atoms with E-state index in [-0.39, 0.29) is 0 Å². The number of rotatable bonds is 0. The van der Waals surface area contributed by atoms with E-state index in [9.17, 15) is 0 Å². The van der Waals surface area contributed by atoms with Gasteiger partial charge in [-0.2, -0.15) is 0 Å². The molecule has 14 heavy (non-hydrogen) atoms. The van der Waals surface area contributed by atoms with E-state index in [0.717, 1.165) is 11.3 Å². The van der Waals surface area contributed by atoms with Gasteiger partial charge < -0.3 is 9.64 Å². The zero-order valence-corrected chi connectivity index (χ0v) is 8.88. The summed E-state index contributed by atoms with van der Waals surface area (Å²) < 4.78 is 5.57. The van der Waals surface area contributed by atoms with Gasteiger partial charge in [0.05, 0.1) is 6.54 Å². The Morgan fingerprint density at radius 1 is 1.43 bits per heavy atom. The number of nitrogens with zero attached hydrogens (tertiary/aromatic N) is 2. The van der Waals surface area contributed by atoms with Crippen molar-refractivity contribution in [3.05, 3.63) is 28.8 Å². The standard InChI is InChI=1S/C10H11ClN2O/c1-13(2)10-12-6-7-3-4-8(11)5-9(7)14-10/h3-5H,6H2,1-2H3. The van der Waals surface area contributed by atoms with E-state index in [1.165, 1.54) is 0 Å². The summed E-state index contributed by atoms with van der Waals surface area (Å²) in [6.07, 6.45) is 0. The zero-order chi connectivity index (χ0) is 10.1. The summed E-state index contributed by atoms with van der Waals surface area (Å²) in [5, 5.41) is 0.684. The molecule has 1 heterocycles. The van der Waals surface area contributed by atoms with Crippen LogP contribution in [-0.4, -0.2) is 25.0 Å². The van der Waals surface area contributed by atoms with Crippen LogP contribution < -0.4 is 4.74 Å². The number of hydrogen-bond donors (Lipinski definition) is 0. The first-order valence-electron chi connectivity index (χ1n) is 4.35. The predicted molar refractivity (Wildman–Crippen MR) is 56.9 cm³/mol. The van der Waals surface area contributed by atoms with Crippen molar-refractivity contribution in [3.8, 4) is 5.75 Å². The second-order valence-electron chi connectivity index (χ2n) is 3.35. The number of fused-ring (bicyclic) bond motifs is 1. The molecule has 1 aliphatic rings. The van der Waals surface area contributed by atoms with E-state index >= 15 is 0 Å². The van der Waals surface area contributed by atoms with Gasteiger partial charge >= 0.3 is 0 Å². The lowest BCUT2D eigenvalue weighted by molar-refractivity contribution is 0.413. The van der Waals surface area contributed by atoms with E-state index in [4.69, 9.17) is 16.3 Å². The summed E-state index contributed by atoms with van der Waals surface area (Å²) in [5.74, 6) is 0.802. The highest BCUT2D eigenvalue weighted by Crippen LogP contribution is 2.27. The molecule has 0 aliphatic carbocycles. The molecule has 0 N–H and O–H groups in total. The van der Waals surface area contributed by atoms with E-state index in [1.807, 2.05) is 37.2 Å². The fourth-order valence-electron chi connectivity index (χ4n) is 1.27. The molecule has 1 aromatic carbocycles. The van der Waals surface area contributed by atoms with Crippen LogP contribution in [0.5, 0.6) is 5.75 Å². The quantitative estimate of drug-likeness (QED) is 0.656. The van der Waals surface area contributed by atoms with Crippen LogP contribution in [0.2, 0.25) is 5.02 Å². The largest absolute Gasteiger partial charge is 0.426 e. The summed E-state index contributed by atoms with van der Waals surface area (Å²) >= 11 is 5.87. The van der Waals surface area contributed by atoms with Crippen molar-refractivity contribution in [3.63, 3.8) is 0 Å². The number of aliphatic imine (C=N–C) groups is 1. The molecule has 1 aliphatic heterocycles. The smallest absolute Gasteiger partial charge is 0.292 e. The number of ether oxygens (including phenoxy) is 1. The third-order valence-corrected chi connectivity index (χ3v) is 2.23. The minimum Gasteiger partial charge on any atom is -0.426 e. The molecule has 0 atom stereocenters. The van der Waals surface area contributed by atoms with Crippen LogP contribution >= 0.6 is 11.6 Å². The molecule has 1 aromatic rings. The summed E-state index contributed by atoms with van der Waals surface area (Å²) in [6, 6.07) is 6.22. The zero-order valence-electron chi connectivity index (χ0n) is 8.12. The van der Waals surface area contributed by atoms with Gasteiger partial charge in [-0.25, -0.2) is 4.99 Å². The molecule has 0 saturated heterocycles. The van der Waals surface area contributed by atoms with E-state index in [1.54, 1.807) is 0 Å². The average Bonchev–Trinajstić information content (AvgIpc) is 2.16. The Hall–Kier alpha value is -1.22. The Bertz CT molecular complexity index is 388. The Labute approximate surface area is 88.0 Å². The first kappa shape index (κ1) is 9.34. The van der Waals surface area contributed by atoms with Crippen LogP contribution in [-0.2, 0) is 6.54 Å². The molecule has 0 fully saturated rings. The normalized spacial score (nSPS) is 14.1. The Morgan fingerprint density at radius 2 is 2.21 bits per heavy atom. The lowest BCUT2D eigenvalue weighted by atomic mass is 10.2. The Balaban J connectivity index is 2.31. The van der Waals surface area contributed by atoms with Gasteiger partial charge in [0, 0.05) is 24.7 Å². The molecule has 0 amide bonds. The van der Waals surface area contributed by atoms with E-state index in [0.29, 0.717) is 17.6 Å². The highest BCUT2D eigenvalue weighted by molar-refractivity contribution is 6.30. The first-order valence-corrected chi connectivity index (χ1v) is 4.72. The number of benzene rings is 1. The lowest BCUT2D eigenvalue weighted by Gasteiger charge is -2.21. The Morgan fingerprint density at radius 3 is 2.93 bits per heavy atom. The second kappa shape index (κ2) is 3.50. The number of amidine groups is 1. The van der Waals surface area contributed by atoms with Crippen molar-refractivity contribution in [2.75, 3.05) is 14.1 Å². The van der Waals surface area contributed by atoms with Gasteiger partial charge in [-0.15, -0.1) is 0 Å². The van der Waals surface area contributed by atoms with E-state index < -0.39 is 0 Å². The first-order chi connectivity index (χ1) is 6.66. The van der Waals surface area contributed by atoms with Gasteiger partial charge in [-0.3, -0.25) is 0 Å². The fourth-order valence-corrected chi connectivity index (χ4v) is 1.43. The summed E-state index contributed by atoms with van der Waals surface area (Å²) in [6.45, 7) is 0.653. The molecule has 0 saturated carbocycles. The van der Waals surface area contributed by atoms with Crippen molar-refractivity contribution in [1.29, 1.82) is 0 Å². The summed E-state index contributed by atoms with van der Waals surface area (Å²) in [4.78, 5) is 6.11. The minimum absolute atomic E-state index is 0.625. The molecule has 0 unspecified atom stereocenters. The third-order valence-electron chi connectivity index (χ3n) is 2.00. The molecule has 0 radical (unpaired) electrons. The van der Waals surface area contributed by atoms with Gasteiger partial charge in [0.1, 0.15) is 5.75 Å². The maximum atomic E-state index is 5.87. The van der Waals surface area contributed by atoms with Crippen LogP contribution in [0.25, 0.3) is 0 Å². The van der Waals surface area contributed by atoms with Crippen molar-refractivity contribution in [2.45, 2.75) is 6.54 Å². The second-order valence-corrected chi connectivity index (χ2v) is 3.78. The summed E-state index contributed by atoms with van der Waals surface area (Å²) in [5.41, 5.74) is 1.07. The molecule has 0 bridgehead atoms. The monoisotopic (exact) mass is 210 g/mol. The Kier molecular flexibility index (Phi) is 2.33. The predicted octanol–water partition coefficient (Wildman–Crippen LogP) is 2.15. The number of hydrogen-bond acceptors (Lipinski definition) is 3. The van der Waals surface area contributed by atoms with Gasteiger partial charge in [-0.1, -0.05) is 17.7 Å². The molecule has 3 nitrogen and oxygen atoms in total. The molecular weight excluding hydrogens is 200 g/mol. The van der Waals surface area contributed by atoms with Crippen molar-refractivity contribution in [1.82, 2.24) is 4.90 Å². The molecule has 0 spiro atoms. The SMILES string of the molecule is CN(C)C1=NCc2ccc(Cl)cc2O1. The van der Waals surface area contributed by atoms with Crippen LogP contribution in [0.15, 0.2) is 23.2 Å². The van der Waals surface area contributed by atoms with Crippen LogP contribution in [0.4, 0.5) is 0 Å². The van der Waals surface area contributed by atoms with Crippen molar-refractivity contribution in [2.24, 2.45) is 4.99 Å². The maximum absolute atomic E-state index is 5.87. The van der Waals surface area contributed by atoms with Gasteiger partial charge in [0.15, 0.2) is 0 Å². The highest BCUT2D eigenvalue weighted by Gasteiger charge is 2.15. The lowest BCUT2D eigenvalue weighted by Crippen LogP contribution is -2.29. The highest BCUT2D eigenvalue weighted by atomic mass is 35.5. The minimum atomic E-state index is 0.625. The van der Waals surface area contributed by atoms with E-state index in [2.05, 4.69) is 4.99 Å². The van der Waals surface area contributed by atoms with Crippen molar-refractivity contribution < 1.29 is 4.74 Å². The maximum Gasteiger partial charge on any atom is 0.292 e. The summed E-state index contributed by atoms with van der Waals surface area (Å²) in [7, 11) is 3.79. The molecule has 2 rings (SSSR count).